The molecule has 0 unspecified atom stereocenters. The number of aliphatic hydroxyl groups excluding tert-OH is 1. The van der Waals surface area contributed by atoms with Gasteiger partial charge in [-0.25, -0.2) is 14.3 Å². The lowest BCUT2D eigenvalue weighted by Crippen LogP contribution is -2.52. The molecule has 4 rings (SSSR count). The van der Waals surface area contributed by atoms with Crippen LogP contribution in [-0.2, 0) is 0 Å². The average molecular weight is 506 g/mol. The number of aromatic nitrogens is 3. The van der Waals surface area contributed by atoms with Crippen molar-refractivity contribution in [2.45, 2.75) is 39.7 Å². The summed E-state index contributed by atoms with van der Waals surface area (Å²) < 4.78 is 7.48. The Labute approximate surface area is 217 Å². The van der Waals surface area contributed by atoms with E-state index in [1.807, 2.05) is 30.0 Å². The molecule has 1 saturated heterocycles. The van der Waals surface area contributed by atoms with Crippen molar-refractivity contribution >= 4 is 17.4 Å². The van der Waals surface area contributed by atoms with E-state index in [9.17, 15) is 15.2 Å². The Balaban J connectivity index is 1.50. The fourth-order valence-electron chi connectivity index (χ4n) is 4.36. The maximum absolute atomic E-state index is 12.4. The molecular formula is C27H35N7O3. The van der Waals surface area contributed by atoms with Gasteiger partial charge in [-0.2, -0.15) is 10.4 Å². The molecule has 3 aromatic heterocycles. The lowest BCUT2D eigenvalue weighted by atomic mass is 10.1. The molecular weight excluding hydrogens is 470 g/mol. The van der Waals surface area contributed by atoms with Gasteiger partial charge in [0, 0.05) is 50.0 Å². The van der Waals surface area contributed by atoms with Crippen molar-refractivity contribution in [2.24, 2.45) is 5.92 Å². The van der Waals surface area contributed by atoms with Gasteiger partial charge in [0.2, 0.25) is 0 Å². The van der Waals surface area contributed by atoms with Crippen LogP contribution in [0.2, 0.25) is 0 Å². The van der Waals surface area contributed by atoms with Crippen molar-refractivity contribution in [3.8, 4) is 22.9 Å². The van der Waals surface area contributed by atoms with Gasteiger partial charge in [-0.15, -0.1) is 0 Å². The van der Waals surface area contributed by atoms with Crippen LogP contribution >= 0.6 is 0 Å². The molecule has 1 fully saturated rings. The zero-order valence-corrected chi connectivity index (χ0v) is 21.7. The van der Waals surface area contributed by atoms with Crippen LogP contribution in [0.25, 0.3) is 16.6 Å². The lowest BCUT2D eigenvalue weighted by Gasteiger charge is -2.35. The number of ether oxygens (including phenoxy) is 1. The highest BCUT2D eigenvalue weighted by atomic mass is 16.5. The number of rotatable bonds is 9. The predicted molar refractivity (Wildman–Crippen MR) is 142 cm³/mol. The van der Waals surface area contributed by atoms with E-state index in [0.29, 0.717) is 61.9 Å². The third-order valence-electron chi connectivity index (χ3n) is 6.38. The van der Waals surface area contributed by atoms with Gasteiger partial charge >= 0.3 is 6.03 Å². The number of hydrogen-bond donors (Lipinski definition) is 2. The van der Waals surface area contributed by atoms with Gasteiger partial charge in [-0.1, -0.05) is 27.2 Å². The number of hydrogen-bond acceptors (Lipinski definition) is 7. The molecule has 0 spiro atoms. The molecule has 4 heterocycles. The maximum atomic E-state index is 12.4. The first-order valence-corrected chi connectivity index (χ1v) is 12.9. The summed E-state index contributed by atoms with van der Waals surface area (Å²) in [4.78, 5) is 21.1. The van der Waals surface area contributed by atoms with E-state index in [-0.39, 0.29) is 12.6 Å². The first-order chi connectivity index (χ1) is 17.9. The van der Waals surface area contributed by atoms with Crippen molar-refractivity contribution in [1.29, 1.82) is 5.26 Å². The number of amides is 2. The summed E-state index contributed by atoms with van der Waals surface area (Å²) >= 11 is 0. The largest absolute Gasteiger partial charge is 0.489 e. The minimum atomic E-state index is -0.542. The molecule has 0 radical (unpaired) electrons. The van der Waals surface area contributed by atoms with Gasteiger partial charge < -0.3 is 25.0 Å². The Morgan fingerprint density at radius 3 is 2.68 bits per heavy atom. The lowest BCUT2D eigenvalue weighted by molar-refractivity contribution is 0.0991. The summed E-state index contributed by atoms with van der Waals surface area (Å²) in [6, 6.07) is 7.99. The summed E-state index contributed by atoms with van der Waals surface area (Å²) in [5, 5.41) is 27.0. The summed E-state index contributed by atoms with van der Waals surface area (Å²) in [7, 11) is 0. The van der Waals surface area contributed by atoms with E-state index in [4.69, 9.17) is 9.72 Å². The zero-order chi connectivity index (χ0) is 26.4. The number of carbonyl (C=O) groups excluding carboxylic acids is 1. The third kappa shape index (κ3) is 6.30. The van der Waals surface area contributed by atoms with E-state index in [2.05, 4.69) is 35.2 Å². The molecule has 3 aromatic rings. The Morgan fingerprint density at radius 1 is 1.24 bits per heavy atom. The van der Waals surface area contributed by atoms with E-state index in [1.165, 1.54) is 6.20 Å². The number of aliphatic hydroxyl groups is 1. The van der Waals surface area contributed by atoms with Gasteiger partial charge in [0.05, 0.1) is 29.6 Å². The summed E-state index contributed by atoms with van der Waals surface area (Å²) in [5.74, 6) is 1.81. The summed E-state index contributed by atoms with van der Waals surface area (Å²) in [6.07, 6.45) is 6.04. The fourth-order valence-corrected chi connectivity index (χ4v) is 4.36. The quantitative estimate of drug-likeness (QED) is 0.458. The van der Waals surface area contributed by atoms with Crippen LogP contribution in [-0.4, -0.2) is 76.1 Å². The van der Waals surface area contributed by atoms with Crippen molar-refractivity contribution in [3.05, 3.63) is 42.4 Å². The molecule has 196 valence electrons. The Hall–Kier alpha value is -3.84. The Kier molecular flexibility index (Phi) is 8.46. The molecule has 1 aliphatic heterocycles. The van der Waals surface area contributed by atoms with Gasteiger partial charge in [0.15, 0.2) is 0 Å². The number of fused-ring (bicyclic) bond motifs is 1. The van der Waals surface area contributed by atoms with Crippen molar-refractivity contribution < 1.29 is 14.6 Å². The zero-order valence-electron chi connectivity index (χ0n) is 21.7. The standard InChI is InChI=1S/C27H35N7O3/c1-4-5-22(35)18-37-23-12-24(26-21(13-28)16-31-34(26)17-23)20-6-7-25(29-15-20)32-8-10-33(11-9-32)27(36)30-14-19(2)3/h6-7,12,15-17,19,22,35H,4-5,8-11,14,18H2,1-3H3,(H,30,36)/t22-/m1/s1. The van der Waals surface area contributed by atoms with E-state index in [0.717, 1.165) is 23.4 Å². The summed E-state index contributed by atoms with van der Waals surface area (Å²) in [5.41, 5.74) is 2.75. The van der Waals surface area contributed by atoms with Crippen molar-refractivity contribution in [3.63, 3.8) is 0 Å². The molecule has 10 nitrogen and oxygen atoms in total. The minimum absolute atomic E-state index is 0.0147. The van der Waals surface area contributed by atoms with Crippen LogP contribution in [0, 0.1) is 17.2 Å². The molecule has 1 aliphatic rings. The molecule has 0 saturated carbocycles. The average Bonchev–Trinajstić information content (AvgIpc) is 3.33. The fraction of sp³-hybridized carbons (Fsp3) is 0.481. The van der Waals surface area contributed by atoms with Gasteiger partial charge in [0.1, 0.15) is 24.2 Å². The first kappa shape index (κ1) is 26.2. The highest BCUT2D eigenvalue weighted by Crippen LogP contribution is 2.31. The topological polar surface area (TPSA) is 119 Å². The van der Waals surface area contributed by atoms with E-state index >= 15 is 0 Å². The number of nitrogens with zero attached hydrogens (tertiary/aromatic N) is 6. The van der Waals surface area contributed by atoms with Gasteiger partial charge in [0.25, 0.3) is 0 Å². The number of anilines is 1. The smallest absolute Gasteiger partial charge is 0.317 e. The maximum Gasteiger partial charge on any atom is 0.317 e. The van der Waals surface area contributed by atoms with Crippen molar-refractivity contribution in [1.82, 2.24) is 24.8 Å². The minimum Gasteiger partial charge on any atom is -0.489 e. The third-order valence-corrected chi connectivity index (χ3v) is 6.38. The van der Waals surface area contributed by atoms with Gasteiger partial charge in [-0.05, 0) is 30.5 Å². The van der Waals surface area contributed by atoms with Crippen LogP contribution < -0.4 is 15.0 Å². The monoisotopic (exact) mass is 505 g/mol. The number of urea groups is 1. The molecule has 0 aromatic carbocycles. The number of piperazine rings is 1. The van der Waals surface area contributed by atoms with Crippen LogP contribution in [0.1, 0.15) is 39.2 Å². The SMILES string of the molecule is CCC[C@@H](O)COc1cc(-c2ccc(N3CCN(C(=O)NCC(C)C)CC3)nc2)c2c(C#N)cnn2c1. The predicted octanol–water partition coefficient (Wildman–Crippen LogP) is 3.30. The second-order valence-electron chi connectivity index (χ2n) is 9.77. The summed E-state index contributed by atoms with van der Waals surface area (Å²) in [6.45, 7) is 9.71. The van der Waals surface area contributed by atoms with E-state index in [1.54, 1.807) is 16.9 Å². The number of nitriles is 1. The number of carbonyl (C=O) groups is 1. The molecule has 1 atom stereocenters. The Bertz CT molecular complexity index is 1240. The van der Waals surface area contributed by atoms with Crippen LogP contribution in [0.3, 0.4) is 0 Å². The van der Waals surface area contributed by atoms with Crippen molar-refractivity contribution in [2.75, 3.05) is 44.2 Å². The van der Waals surface area contributed by atoms with Crippen LogP contribution in [0.15, 0.2) is 36.8 Å². The van der Waals surface area contributed by atoms with Crippen LogP contribution in [0.4, 0.5) is 10.6 Å². The first-order valence-electron chi connectivity index (χ1n) is 12.9. The molecule has 2 amide bonds. The second kappa shape index (κ2) is 11.9. The van der Waals surface area contributed by atoms with E-state index < -0.39 is 6.10 Å². The van der Waals surface area contributed by atoms with Gasteiger partial charge in [-0.3, -0.25) is 0 Å². The second-order valence-corrected chi connectivity index (χ2v) is 9.77. The van der Waals surface area contributed by atoms with Crippen LogP contribution in [0.5, 0.6) is 5.75 Å². The molecule has 0 aliphatic carbocycles. The molecule has 2 N–H and O–H groups in total. The Morgan fingerprint density at radius 2 is 2.03 bits per heavy atom. The number of pyridine rings is 2. The molecule has 0 bridgehead atoms. The highest BCUT2D eigenvalue weighted by Gasteiger charge is 2.22. The molecule has 37 heavy (non-hydrogen) atoms. The molecule has 10 heteroatoms. The highest BCUT2D eigenvalue weighted by molar-refractivity contribution is 5.85. The number of nitrogens with one attached hydrogen (secondary N) is 1. The normalized spacial score (nSPS) is 14.6.